The molecule has 7 nitrogen and oxygen atoms in total. The first-order valence-corrected chi connectivity index (χ1v) is 15.7. The minimum absolute atomic E-state index is 0. The molecule has 2 saturated heterocycles. The summed E-state index contributed by atoms with van der Waals surface area (Å²) >= 11 is 5.77. The molecule has 1 N–H and O–H groups in total. The fourth-order valence-electron chi connectivity index (χ4n) is 5.66. The number of hydrogen-bond donors (Lipinski definition) is 1. The standard InChI is InChI=1S/C20H22ClFN2O2.C15H21NO2.ClH/c1-13(11-14(2)25)15-3-5-16(6-4-15)26-17-8-10-24(12-17)18-7-9-23-20(21)19(18)22;1-11(9-12(2)17)13-3-5-14(6-4-13)18-15-7-8-16-10-15;/h3-7,9,13,17H,8,10-12H2,1-2H3;3-6,11,15-16H,7-10H2,1-2H3;1H/t13-,17-;11-,15-;/m11./s1. The summed E-state index contributed by atoms with van der Waals surface area (Å²) in [5.74, 6) is 2.12. The normalized spacial score (nSPS) is 18.7. The van der Waals surface area contributed by atoms with Crippen molar-refractivity contribution in [1.82, 2.24) is 10.3 Å². The molecule has 5 rings (SSSR count). The van der Waals surface area contributed by atoms with Crippen molar-refractivity contribution in [2.45, 2.75) is 77.4 Å². The van der Waals surface area contributed by atoms with Gasteiger partial charge >= 0.3 is 0 Å². The third-order valence-electron chi connectivity index (χ3n) is 8.02. The van der Waals surface area contributed by atoms with Gasteiger partial charge in [0.2, 0.25) is 0 Å². The monoisotopic (exact) mass is 659 g/mol. The maximum Gasteiger partial charge on any atom is 0.183 e. The molecule has 244 valence electrons. The summed E-state index contributed by atoms with van der Waals surface area (Å²) in [5.41, 5.74) is 2.78. The number of carbonyl (C=O) groups excluding carboxylic acids is 2. The number of halogens is 3. The molecule has 10 heteroatoms. The van der Waals surface area contributed by atoms with Crippen LogP contribution in [0.1, 0.15) is 76.3 Å². The van der Waals surface area contributed by atoms with Crippen molar-refractivity contribution in [3.05, 3.63) is 82.9 Å². The number of carbonyl (C=O) groups is 2. The lowest BCUT2D eigenvalue weighted by Crippen LogP contribution is -2.25. The van der Waals surface area contributed by atoms with Crippen molar-refractivity contribution >= 4 is 41.3 Å². The zero-order valence-electron chi connectivity index (χ0n) is 26.4. The summed E-state index contributed by atoms with van der Waals surface area (Å²) in [6.07, 6.45) is 4.82. The molecule has 2 aliphatic heterocycles. The number of hydrogen-bond acceptors (Lipinski definition) is 7. The lowest BCUT2D eigenvalue weighted by atomic mass is 9.96. The van der Waals surface area contributed by atoms with E-state index in [4.69, 9.17) is 21.1 Å². The van der Waals surface area contributed by atoms with Crippen LogP contribution in [0.5, 0.6) is 11.5 Å². The molecular weight excluding hydrogens is 616 g/mol. The Morgan fingerprint density at radius 3 is 1.93 bits per heavy atom. The molecule has 2 fully saturated rings. The van der Waals surface area contributed by atoms with Crippen LogP contribution in [0.25, 0.3) is 0 Å². The average Bonchev–Trinajstić information content (AvgIpc) is 3.67. The second-order valence-electron chi connectivity index (χ2n) is 11.9. The quantitative estimate of drug-likeness (QED) is 0.213. The van der Waals surface area contributed by atoms with Gasteiger partial charge in [0.1, 0.15) is 35.3 Å². The minimum atomic E-state index is -0.487. The van der Waals surface area contributed by atoms with Crippen molar-refractivity contribution in [2.24, 2.45) is 0 Å². The molecule has 0 bridgehead atoms. The Bertz CT molecular complexity index is 1380. The second kappa shape index (κ2) is 17.5. The van der Waals surface area contributed by atoms with E-state index in [-0.39, 0.29) is 47.1 Å². The van der Waals surface area contributed by atoms with Crippen molar-refractivity contribution in [2.75, 3.05) is 31.1 Å². The number of nitrogens with zero attached hydrogens (tertiary/aromatic N) is 2. The van der Waals surface area contributed by atoms with Crippen molar-refractivity contribution < 1.29 is 23.5 Å². The number of anilines is 1. The molecule has 3 aromatic rings. The van der Waals surface area contributed by atoms with E-state index in [0.717, 1.165) is 43.0 Å². The molecule has 0 radical (unpaired) electrons. The lowest BCUT2D eigenvalue weighted by Gasteiger charge is -2.20. The van der Waals surface area contributed by atoms with Crippen LogP contribution in [0.3, 0.4) is 0 Å². The highest BCUT2D eigenvalue weighted by Gasteiger charge is 2.27. The molecule has 4 atom stereocenters. The van der Waals surface area contributed by atoms with Gasteiger partial charge in [0.25, 0.3) is 0 Å². The Labute approximate surface area is 277 Å². The average molecular weight is 661 g/mol. The van der Waals surface area contributed by atoms with Crippen LogP contribution in [0.15, 0.2) is 60.8 Å². The molecule has 0 aliphatic carbocycles. The highest BCUT2D eigenvalue weighted by Crippen LogP contribution is 2.29. The van der Waals surface area contributed by atoms with Gasteiger partial charge in [-0.25, -0.2) is 9.37 Å². The molecule has 1 aromatic heterocycles. The van der Waals surface area contributed by atoms with Gasteiger partial charge in [-0.1, -0.05) is 49.7 Å². The summed E-state index contributed by atoms with van der Waals surface area (Å²) in [4.78, 5) is 28.0. The van der Waals surface area contributed by atoms with Gasteiger partial charge in [-0.05, 0) is 80.1 Å². The molecule has 0 amide bonds. The first-order valence-electron chi connectivity index (χ1n) is 15.4. The Kier molecular flexibility index (Phi) is 14.1. The van der Waals surface area contributed by atoms with Gasteiger partial charge in [-0.3, -0.25) is 0 Å². The van der Waals surface area contributed by atoms with Gasteiger partial charge in [0.15, 0.2) is 11.0 Å². The fourth-order valence-corrected chi connectivity index (χ4v) is 5.81. The van der Waals surface area contributed by atoms with E-state index in [1.165, 1.54) is 11.8 Å². The van der Waals surface area contributed by atoms with Crippen molar-refractivity contribution in [3.8, 4) is 11.5 Å². The van der Waals surface area contributed by atoms with Crippen LogP contribution < -0.4 is 19.7 Å². The molecular formula is C35H44Cl2FN3O4. The zero-order valence-corrected chi connectivity index (χ0v) is 28.0. The van der Waals surface area contributed by atoms with E-state index < -0.39 is 5.82 Å². The van der Waals surface area contributed by atoms with E-state index >= 15 is 0 Å². The van der Waals surface area contributed by atoms with Gasteiger partial charge in [-0.2, -0.15) is 0 Å². The number of benzene rings is 2. The Hall–Kier alpha value is -3.20. The van der Waals surface area contributed by atoms with Crippen LogP contribution in [-0.2, 0) is 9.59 Å². The first-order chi connectivity index (χ1) is 21.1. The maximum atomic E-state index is 14.1. The summed E-state index contributed by atoms with van der Waals surface area (Å²) in [6, 6.07) is 17.6. The molecule has 45 heavy (non-hydrogen) atoms. The molecule has 0 unspecified atom stereocenters. The number of Topliss-reactive ketones (excluding diaryl/α,β-unsaturated/α-hetero) is 2. The van der Waals surface area contributed by atoms with Crippen LogP contribution >= 0.6 is 24.0 Å². The van der Waals surface area contributed by atoms with E-state index in [0.29, 0.717) is 37.7 Å². The minimum Gasteiger partial charge on any atom is -0.489 e. The highest BCUT2D eigenvalue weighted by molar-refractivity contribution is 6.29. The number of pyridine rings is 1. The summed E-state index contributed by atoms with van der Waals surface area (Å²) < 4.78 is 26.0. The number of ether oxygens (including phenoxy) is 2. The van der Waals surface area contributed by atoms with Gasteiger partial charge in [0.05, 0.1) is 12.2 Å². The third kappa shape index (κ3) is 11.0. The highest BCUT2D eigenvalue weighted by atomic mass is 35.5. The number of aromatic nitrogens is 1. The Morgan fingerprint density at radius 2 is 1.44 bits per heavy atom. The lowest BCUT2D eigenvalue weighted by molar-refractivity contribution is -0.118. The van der Waals surface area contributed by atoms with E-state index in [1.54, 1.807) is 19.9 Å². The predicted molar refractivity (Wildman–Crippen MR) is 180 cm³/mol. The number of ketones is 2. The largest absolute Gasteiger partial charge is 0.489 e. The van der Waals surface area contributed by atoms with Gasteiger partial charge < -0.3 is 29.3 Å². The van der Waals surface area contributed by atoms with E-state index in [1.807, 2.05) is 48.2 Å². The van der Waals surface area contributed by atoms with E-state index in [9.17, 15) is 14.0 Å². The van der Waals surface area contributed by atoms with Crippen LogP contribution in [0.4, 0.5) is 10.1 Å². The predicted octanol–water partition coefficient (Wildman–Crippen LogP) is 7.55. The smallest absolute Gasteiger partial charge is 0.183 e. The molecule has 0 saturated carbocycles. The molecule has 2 aliphatic rings. The second-order valence-corrected chi connectivity index (χ2v) is 12.3. The van der Waals surface area contributed by atoms with Crippen LogP contribution in [-0.4, -0.2) is 54.9 Å². The first kappa shape index (κ1) is 36.3. The van der Waals surface area contributed by atoms with E-state index in [2.05, 4.69) is 29.4 Å². The molecule has 2 aromatic carbocycles. The molecule has 3 heterocycles. The fraction of sp³-hybridized carbons (Fsp3) is 0.457. The Balaban J connectivity index is 0.000000256. The summed E-state index contributed by atoms with van der Waals surface area (Å²) in [5, 5.41) is 3.17. The van der Waals surface area contributed by atoms with Crippen LogP contribution in [0.2, 0.25) is 5.15 Å². The van der Waals surface area contributed by atoms with Crippen molar-refractivity contribution in [3.63, 3.8) is 0 Å². The molecule has 0 spiro atoms. The Morgan fingerprint density at radius 1 is 0.911 bits per heavy atom. The number of nitrogens with one attached hydrogen (secondary N) is 1. The van der Waals surface area contributed by atoms with Crippen LogP contribution in [0, 0.1) is 5.82 Å². The zero-order chi connectivity index (χ0) is 31.6. The number of rotatable bonds is 11. The van der Waals surface area contributed by atoms with Gasteiger partial charge in [-0.15, -0.1) is 12.4 Å². The SMILES string of the molecule is CC(=O)C[C@@H](C)c1ccc(O[C@@H]2CCN(c3ccnc(Cl)c3F)C2)cc1.CC(=O)C[C@@H](C)c1ccc(O[C@@H]2CCNC2)cc1.Cl. The summed E-state index contributed by atoms with van der Waals surface area (Å²) in [6.45, 7) is 10.6. The summed E-state index contributed by atoms with van der Waals surface area (Å²) in [7, 11) is 0. The third-order valence-corrected chi connectivity index (χ3v) is 8.28. The topological polar surface area (TPSA) is 80.8 Å². The maximum absolute atomic E-state index is 14.1. The van der Waals surface area contributed by atoms with Gasteiger partial charge in [0, 0.05) is 38.5 Å². The van der Waals surface area contributed by atoms with Crippen molar-refractivity contribution in [1.29, 1.82) is 0 Å².